The van der Waals surface area contributed by atoms with Crippen molar-refractivity contribution in [2.24, 2.45) is 0 Å². The van der Waals surface area contributed by atoms with Crippen LogP contribution in [-0.2, 0) is 30.7 Å². The zero-order valence-corrected chi connectivity index (χ0v) is 19.1. The molecule has 2 saturated heterocycles. The third-order valence-electron chi connectivity index (χ3n) is 5.66. The SMILES string of the molecule is O=C(Nc1ccc(CC(=O)N2CCOCC2)cc1)c1ccc(S(=O)(=O)N2CCOCC2)cc1. The van der Waals surface area contributed by atoms with Crippen molar-refractivity contribution >= 4 is 27.5 Å². The predicted octanol–water partition coefficient (Wildman–Crippen LogP) is 1.36. The summed E-state index contributed by atoms with van der Waals surface area (Å²) in [4.78, 5) is 26.9. The summed E-state index contributed by atoms with van der Waals surface area (Å²) in [5, 5.41) is 2.80. The van der Waals surface area contributed by atoms with Gasteiger partial charge in [-0.2, -0.15) is 4.31 Å². The highest BCUT2D eigenvalue weighted by molar-refractivity contribution is 7.89. The van der Waals surface area contributed by atoms with Crippen molar-refractivity contribution in [2.45, 2.75) is 11.3 Å². The summed E-state index contributed by atoms with van der Waals surface area (Å²) in [6, 6.07) is 13.0. The van der Waals surface area contributed by atoms with Crippen LogP contribution in [0.2, 0.25) is 0 Å². The highest BCUT2D eigenvalue weighted by Gasteiger charge is 2.26. The molecule has 2 amide bonds. The summed E-state index contributed by atoms with van der Waals surface area (Å²) < 4.78 is 37.3. The third kappa shape index (κ3) is 5.77. The molecular weight excluding hydrogens is 446 g/mol. The topological polar surface area (TPSA) is 105 Å². The van der Waals surface area contributed by atoms with Crippen LogP contribution in [-0.4, -0.2) is 82.0 Å². The Kier molecular flexibility index (Phi) is 7.39. The van der Waals surface area contributed by atoms with Gasteiger partial charge >= 0.3 is 0 Å². The van der Waals surface area contributed by atoms with Crippen LogP contribution in [0.4, 0.5) is 5.69 Å². The fourth-order valence-electron chi connectivity index (χ4n) is 3.72. The normalized spacial score (nSPS) is 17.5. The Morgan fingerprint density at radius 1 is 0.818 bits per heavy atom. The first-order valence-corrected chi connectivity index (χ1v) is 12.3. The fourth-order valence-corrected chi connectivity index (χ4v) is 5.13. The summed E-state index contributed by atoms with van der Waals surface area (Å²) >= 11 is 0. The van der Waals surface area contributed by atoms with Crippen molar-refractivity contribution in [2.75, 3.05) is 57.9 Å². The minimum Gasteiger partial charge on any atom is -0.379 e. The van der Waals surface area contributed by atoms with Gasteiger partial charge in [-0.05, 0) is 42.0 Å². The number of morpholine rings is 2. The molecule has 2 aliphatic rings. The second kappa shape index (κ2) is 10.4. The number of sulfonamides is 1. The Morgan fingerprint density at radius 3 is 2.00 bits per heavy atom. The first kappa shape index (κ1) is 23.4. The van der Waals surface area contributed by atoms with Gasteiger partial charge < -0.3 is 19.7 Å². The third-order valence-corrected chi connectivity index (χ3v) is 7.57. The van der Waals surface area contributed by atoms with Crippen molar-refractivity contribution in [3.05, 3.63) is 59.7 Å². The molecule has 2 aliphatic heterocycles. The molecule has 0 bridgehead atoms. The van der Waals surface area contributed by atoms with Gasteiger partial charge in [0.25, 0.3) is 5.91 Å². The Morgan fingerprint density at radius 2 is 1.39 bits per heavy atom. The second-order valence-corrected chi connectivity index (χ2v) is 9.80. The Bertz CT molecular complexity index is 1070. The number of carbonyl (C=O) groups excluding carboxylic acids is 2. The van der Waals surface area contributed by atoms with E-state index in [2.05, 4.69) is 5.32 Å². The molecule has 10 heteroatoms. The number of rotatable bonds is 6. The van der Waals surface area contributed by atoms with Crippen LogP contribution in [0.3, 0.4) is 0 Å². The van der Waals surface area contributed by atoms with Crippen LogP contribution in [0.1, 0.15) is 15.9 Å². The highest BCUT2D eigenvalue weighted by atomic mass is 32.2. The molecule has 9 nitrogen and oxygen atoms in total. The standard InChI is InChI=1S/C23H27N3O6S/c27-22(25-9-13-31-14-10-25)17-18-1-5-20(6-2-18)24-23(28)19-3-7-21(8-4-19)33(29,30)26-11-15-32-16-12-26/h1-8H,9-17H2,(H,24,28). The average Bonchev–Trinajstić information content (AvgIpc) is 2.86. The van der Waals surface area contributed by atoms with Crippen LogP contribution in [0, 0.1) is 0 Å². The minimum absolute atomic E-state index is 0.0576. The summed E-state index contributed by atoms with van der Waals surface area (Å²) in [5.74, 6) is -0.287. The molecule has 0 spiro atoms. The van der Waals surface area contributed by atoms with E-state index in [9.17, 15) is 18.0 Å². The molecule has 0 aliphatic carbocycles. The Hall–Kier alpha value is -2.79. The van der Waals surface area contributed by atoms with Gasteiger partial charge in [0, 0.05) is 37.4 Å². The number of carbonyl (C=O) groups is 2. The van der Waals surface area contributed by atoms with Crippen molar-refractivity contribution < 1.29 is 27.5 Å². The lowest BCUT2D eigenvalue weighted by atomic mass is 10.1. The predicted molar refractivity (Wildman–Crippen MR) is 122 cm³/mol. The monoisotopic (exact) mass is 473 g/mol. The molecule has 2 fully saturated rings. The van der Waals surface area contributed by atoms with E-state index in [1.807, 2.05) is 12.1 Å². The molecule has 176 valence electrons. The molecule has 4 rings (SSSR count). The summed E-state index contributed by atoms with van der Waals surface area (Å²) in [6.45, 7) is 3.74. The van der Waals surface area contributed by atoms with Gasteiger partial charge in [0.05, 0.1) is 37.7 Å². The van der Waals surface area contributed by atoms with Crippen LogP contribution in [0.25, 0.3) is 0 Å². The average molecular weight is 474 g/mol. The number of hydrogen-bond acceptors (Lipinski definition) is 6. The highest BCUT2D eigenvalue weighted by Crippen LogP contribution is 2.19. The first-order chi connectivity index (χ1) is 15.9. The van der Waals surface area contributed by atoms with E-state index >= 15 is 0 Å². The first-order valence-electron chi connectivity index (χ1n) is 10.9. The van der Waals surface area contributed by atoms with E-state index in [0.717, 1.165) is 5.56 Å². The van der Waals surface area contributed by atoms with Gasteiger partial charge in [0.2, 0.25) is 15.9 Å². The molecule has 0 aromatic heterocycles. The van der Waals surface area contributed by atoms with Gasteiger partial charge in [0.1, 0.15) is 0 Å². The number of benzene rings is 2. The van der Waals surface area contributed by atoms with Gasteiger partial charge in [0.15, 0.2) is 0 Å². The molecule has 0 unspecified atom stereocenters. The molecule has 0 radical (unpaired) electrons. The maximum absolute atomic E-state index is 12.7. The number of ether oxygens (including phenoxy) is 2. The lowest BCUT2D eigenvalue weighted by Gasteiger charge is -2.26. The molecule has 2 aromatic carbocycles. The van der Waals surface area contributed by atoms with E-state index in [-0.39, 0.29) is 16.7 Å². The summed E-state index contributed by atoms with van der Waals surface area (Å²) in [7, 11) is -3.60. The molecule has 2 heterocycles. The van der Waals surface area contributed by atoms with Crippen molar-refractivity contribution in [1.82, 2.24) is 9.21 Å². The molecule has 1 N–H and O–H groups in total. The quantitative estimate of drug-likeness (QED) is 0.679. The van der Waals surface area contributed by atoms with Crippen molar-refractivity contribution in [3.63, 3.8) is 0 Å². The van der Waals surface area contributed by atoms with Crippen molar-refractivity contribution in [3.8, 4) is 0 Å². The Balaban J connectivity index is 1.34. The van der Waals surface area contributed by atoms with E-state index < -0.39 is 10.0 Å². The van der Waals surface area contributed by atoms with Gasteiger partial charge in [-0.25, -0.2) is 8.42 Å². The molecule has 0 saturated carbocycles. The van der Waals surface area contributed by atoms with Crippen LogP contribution in [0.5, 0.6) is 0 Å². The molecular formula is C23H27N3O6S. The number of hydrogen-bond donors (Lipinski definition) is 1. The second-order valence-electron chi connectivity index (χ2n) is 7.86. The fraction of sp³-hybridized carbons (Fsp3) is 0.391. The molecule has 0 atom stereocenters. The van der Waals surface area contributed by atoms with Gasteiger partial charge in [-0.15, -0.1) is 0 Å². The summed E-state index contributed by atoms with van der Waals surface area (Å²) in [6.07, 6.45) is 0.299. The maximum Gasteiger partial charge on any atom is 0.255 e. The summed E-state index contributed by atoms with van der Waals surface area (Å²) in [5.41, 5.74) is 1.80. The number of anilines is 1. The Labute approximate surface area is 193 Å². The lowest BCUT2D eigenvalue weighted by molar-refractivity contribution is -0.134. The number of nitrogens with one attached hydrogen (secondary N) is 1. The zero-order chi connectivity index (χ0) is 23.3. The van der Waals surface area contributed by atoms with Crippen LogP contribution < -0.4 is 5.32 Å². The lowest BCUT2D eigenvalue weighted by Crippen LogP contribution is -2.41. The van der Waals surface area contributed by atoms with Crippen LogP contribution in [0.15, 0.2) is 53.4 Å². The van der Waals surface area contributed by atoms with Crippen LogP contribution >= 0.6 is 0 Å². The number of nitrogens with zero attached hydrogens (tertiary/aromatic N) is 2. The van der Waals surface area contributed by atoms with Crippen molar-refractivity contribution in [1.29, 1.82) is 0 Å². The van der Waals surface area contributed by atoms with E-state index in [4.69, 9.17) is 9.47 Å². The van der Waals surface area contributed by atoms with E-state index in [1.54, 1.807) is 17.0 Å². The van der Waals surface area contributed by atoms with Gasteiger partial charge in [-0.3, -0.25) is 9.59 Å². The molecule has 2 aromatic rings. The van der Waals surface area contributed by atoms with Gasteiger partial charge in [-0.1, -0.05) is 12.1 Å². The van der Waals surface area contributed by atoms with E-state index in [1.165, 1.54) is 28.6 Å². The van der Waals surface area contributed by atoms with E-state index in [0.29, 0.717) is 70.3 Å². The largest absolute Gasteiger partial charge is 0.379 e. The number of amides is 2. The zero-order valence-electron chi connectivity index (χ0n) is 18.2. The maximum atomic E-state index is 12.7. The minimum atomic E-state index is -3.60. The smallest absolute Gasteiger partial charge is 0.255 e. The molecule has 33 heavy (non-hydrogen) atoms.